The van der Waals surface area contributed by atoms with Crippen LogP contribution in [0, 0.1) is 0 Å². The summed E-state index contributed by atoms with van der Waals surface area (Å²) in [5, 5.41) is 3.42. The smallest absolute Gasteiger partial charge is 0.137 e. The summed E-state index contributed by atoms with van der Waals surface area (Å²) in [6.45, 7) is 2.51. The first kappa shape index (κ1) is 10.7. The second-order valence-corrected chi connectivity index (χ2v) is 4.51. The fourth-order valence-corrected chi connectivity index (χ4v) is 2.26. The van der Waals surface area contributed by atoms with Crippen molar-refractivity contribution >= 4 is 5.65 Å². The Morgan fingerprint density at radius 1 is 1.47 bits per heavy atom. The van der Waals surface area contributed by atoms with E-state index in [1.807, 2.05) is 35.0 Å². The summed E-state index contributed by atoms with van der Waals surface area (Å²) in [6, 6.07) is 6.53. The zero-order valence-corrected chi connectivity index (χ0v) is 9.80. The summed E-state index contributed by atoms with van der Waals surface area (Å²) in [5.74, 6) is 0. The third kappa shape index (κ3) is 2.48. The first-order chi connectivity index (χ1) is 8.42. The molecule has 0 aliphatic carbocycles. The molecule has 0 saturated carbocycles. The van der Waals surface area contributed by atoms with Gasteiger partial charge in [-0.3, -0.25) is 0 Å². The molecule has 0 aromatic carbocycles. The molecule has 2 aromatic rings. The summed E-state index contributed by atoms with van der Waals surface area (Å²) < 4.78 is 7.72. The van der Waals surface area contributed by atoms with Gasteiger partial charge in [-0.1, -0.05) is 6.07 Å². The van der Waals surface area contributed by atoms with Crippen LogP contribution in [0.25, 0.3) is 5.65 Å². The lowest BCUT2D eigenvalue weighted by atomic mass is 10.2. The van der Waals surface area contributed by atoms with Crippen molar-refractivity contribution < 1.29 is 4.74 Å². The van der Waals surface area contributed by atoms with Crippen LogP contribution in [0.15, 0.2) is 30.6 Å². The molecule has 4 nitrogen and oxygen atoms in total. The lowest BCUT2D eigenvalue weighted by molar-refractivity contribution is 0.101. The molecule has 1 saturated heterocycles. The Bertz CT molecular complexity index is 455. The van der Waals surface area contributed by atoms with E-state index in [-0.39, 0.29) is 0 Å². The number of aromatic nitrogens is 2. The average Bonchev–Trinajstić information content (AvgIpc) is 2.96. The van der Waals surface area contributed by atoms with Gasteiger partial charge in [0.1, 0.15) is 5.65 Å². The summed E-state index contributed by atoms with van der Waals surface area (Å²) >= 11 is 0. The zero-order chi connectivity index (χ0) is 11.5. The molecule has 3 heterocycles. The number of imidazole rings is 1. The van der Waals surface area contributed by atoms with E-state index in [0.717, 1.165) is 24.5 Å². The molecular formula is C13H17N3O. The van der Waals surface area contributed by atoms with Crippen molar-refractivity contribution in [1.82, 2.24) is 14.7 Å². The predicted octanol–water partition coefficient (Wildman–Crippen LogP) is 1.60. The van der Waals surface area contributed by atoms with Crippen molar-refractivity contribution in [3.05, 3.63) is 36.3 Å². The van der Waals surface area contributed by atoms with Gasteiger partial charge in [0.2, 0.25) is 0 Å². The van der Waals surface area contributed by atoms with Gasteiger partial charge in [-0.25, -0.2) is 4.98 Å². The molecule has 1 fully saturated rings. The first-order valence-electron chi connectivity index (χ1n) is 6.15. The fraction of sp³-hybridized carbons (Fsp3) is 0.462. The van der Waals surface area contributed by atoms with Gasteiger partial charge >= 0.3 is 0 Å². The first-order valence-corrected chi connectivity index (χ1v) is 6.15. The van der Waals surface area contributed by atoms with Gasteiger partial charge in [0.15, 0.2) is 0 Å². The standard InChI is InChI=1S/C13H17N3O/c1-2-7-16-8-12(15-13(16)5-1)10-17-9-11-4-3-6-14-11/h1-2,5,7-8,11,14H,3-4,6,9-10H2. The Balaban J connectivity index is 1.57. The lowest BCUT2D eigenvalue weighted by Gasteiger charge is -2.09. The maximum Gasteiger partial charge on any atom is 0.137 e. The van der Waals surface area contributed by atoms with Crippen molar-refractivity contribution in [2.75, 3.05) is 13.2 Å². The van der Waals surface area contributed by atoms with E-state index < -0.39 is 0 Å². The van der Waals surface area contributed by atoms with Crippen LogP contribution >= 0.6 is 0 Å². The van der Waals surface area contributed by atoms with Gasteiger partial charge in [0.05, 0.1) is 18.9 Å². The van der Waals surface area contributed by atoms with Gasteiger partial charge < -0.3 is 14.5 Å². The largest absolute Gasteiger partial charge is 0.373 e. The highest BCUT2D eigenvalue weighted by Gasteiger charge is 2.13. The molecule has 3 rings (SSSR count). The van der Waals surface area contributed by atoms with Crippen molar-refractivity contribution in [3.63, 3.8) is 0 Å². The van der Waals surface area contributed by atoms with Gasteiger partial charge in [0.25, 0.3) is 0 Å². The Kier molecular flexibility index (Phi) is 3.07. The normalized spacial score (nSPS) is 20.1. The van der Waals surface area contributed by atoms with E-state index >= 15 is 0 Å². The maximum atomic E-state index is 5.69. The van der Waals surface area contributed by atoms with Gasteiger partial charge in [0, 0.05) is 18.4 Å². The lowest BCUT2D eigenvalue weighted by Crippen LogP contribution is -2.26. The SMILES string of the molecule is c1ccn2cc(COCC3CCCN3)nc2c1. The highest BCUT2D eigenvalue weighted by Crippen LogP contribution is 2.08. The van der Waals surface area contributed by atoms with Crippen molar-refractivity contribution in [3.8, 4) is 0 Å². The summed E-state index contributed by atoms with van der Waals surface area (Å²) in [7, 11) is 0. The van der Waals surface area contributed by atoms with Crippen LogP contribution in [-0.4, -0.2) is 28.6 Å². The molecule has 1 unspecified atom stereocenters. The summed E-state index contributed by atoms with van der Waals surface area (Å²) in [5.41, 5.74) is 1.97. The van der Waals surface area contributed by atoms with E-state index in [2.05, 4.69) is 10.3 Å². The minimum Gasteiger partial charge on any atom is -0.373 e. The number of hydrogen-bond donors (Lipinski definition) is 1. The molecule has 1 N–H and O–H groups in total. The van der Waals surface area contributed by atoms with Gasteiger partial charge in [-0.05, 0) is 31.5 Å². The number of nitrogens with zero attached hydrogens (tertiary/aromatic N) is 2. The van der Waals surface area contributed by atoms with Crippen molar-refractivity contribution in [1.29, 1.82) is 0 Å². The molecule has 90 valence electrons. The molecule has 0 spiro atoms. The number of hydrogen-bond acceptors (Lipinski definition) is 3. The fourth-order valence-electron chi connectivity index (χ4n) is 2.26. The molecule has 2 aromatic heterocycles. The van der Waals surface area contributed by atoms with E-state index in [4.69, 9.17) is 4.74 Å². The average molecular weight is 231 g/mol. The van der Waals surface area contributed by atoms with Crippen LogP contribution < -0.4 is 5.32 Å². The Labute approximate surface area is 101 Å². The third-order valence-electron chi connectivity index (χ3n) is 3.15. The molecule has 17 heavy (non-hydrogen) atoms. The highest BCUT2D eigenvalue weighted by molar-refractivity contribution is 5.39. The second-order valence-electron chi connectivity index (χ2n) is 4.51. The molecule has 1 atom stereocenters. The molecule has 0 radical (unpaired) electrons. The molecule has 1 aliphatic rings. The van der Waals surface area contributed by atoms with Crippen molar-refractivity contribution in [2.24, 2.45) is 0 Å². The highest BCUT2D eigenvalue weighted by atomic mass is 16.5. The summed E-state index contributed by atoms with van der Waals surface area (Å²) in [4.78, 5) is 4.49. The number of fused-ring (bicyclic) bond motifs is 1. The molecular weight excluding hydrogens is 214 g/mol. The van der Waals surface area contributed by atoms with E-state index in [9.17, 15) is 0 Å². The Morgan fingerprint density at radius 3 is 3.29 bits per heavy atom. The van der Waals surface area contributed by atoms with Gasteiger partial charge in [-0.15, -0.1) is 0 Å². The molecule has 4 heteroatoms. The third-order valence-corrected chi connectivity index (χ3v) is 3.15. The van der Waals surface area contributed by atoms with Crippen LogP contribution in [-0.2, 0) is 11.3 Å². The predicted molar refractivity (Wildman–Crippen MR) is 65.9 cm³/mol. The number of pyridine rings is 1. The molecule has 1 aliphatic heterocycles. The van der Waals surface area contributed by atoms with Gasteiger partial charge in [-0.2, -0.15) is 0 Å². The Hall–Kier alpha value is -1.39. The van der Waals surface area contributed by atoms with Crippen molar-refractivity contribution in [2.45, 2.75) is 25.5 Å². The van der Waals surface area contributed by atoms with Crippen LogP contribution in [0.4, 0.5) is 0 Å². The Morgan fingerprint density at radius 2 is 2.47 bits per heavy atom. The molecule has 0 bridgehead atoms. The van der Waals surface area contributed by atoms with Crippen LogP contribution in [0.5, 0.6) is 0 Å². The minimum atomic E-state index is 0.534. The van der Waals surface area contributed by atoms with Crippen LogP contribution in [0.1, 0.15) is 18.5 Å². The zero-order valence-electron chi connectivity index (χ0n) is 9.80. The number of nitrogens with one attached hydrogen (secondary N) is 1. The maximum absolute atomic E-state index is 5.69. The molecule has 0 amide bonds. The quantitative estimate of drug-likeness (QED) is 0.868. The topological polar surface area (TPSA) is 38.6 Å². The van der Waals surface area contributed by atoms with Crippen LogP contribution in [0.2, 0.25) is 0 Å². The number of ether oxygens (including phenoxy) is 1. The van der Waals surface area contributed by atoms with E-state index in [0.29, 0.717) is 12.6 Å². The minimum absolute atomic E-state index is 0.534. The second kappa shape index (κ2) is 4.85. The number of rotatable bonds is 4. The summed E-state index contributed by atoms with van der Waals surface area (Å²) in [6.07, 6.45) is 6.52. The van der Waals surface area contributed by atoms with E-state index in [1.54, 1.807) is 0 Å². The van der Waals surface area contributed by atoms with Crippen LogP contribution in [0.3, 0.4) is 0 Å². The van der Waals surface area contributed by atoms with E-state index in [1.165, 1.54) is 12.8 Å². The monoisotopic (exact) mass is 231 g/mol.